The Bertz CT molecular complexity index is 788. The van der Waals surface area contributed by atoms with E-state index in [2.05, 4.69) is 47.9 Å². The van der Waals surface area contributed by atoms with Crippen LogP contribution in [0.5, 0.6) is 0 Å². The number of hydrogen-bond donors (Lipinski definition) is 2. The number of likely N-dealkylation sites (N-methyl/N-ethyl adjacent to an activating group) is 1. The van der Waals surface area contributed by atoms with Gasteiger partial charge in [0.25, 0.3) is 0 Å². The van der Waals surface area contributed by atoms with Gasteiger partial charge in [0.1, 0.15) is 11.5 Å². The Hall–Kier alpha value is -2.32. The SMILES string of the molecule is CCc1ccc(CN2CCC3C2CCN3CCN(C)C)o1.O=C(O)C(F)(F)F.O=C(O)C(F)(F)F. The molecule has 1 aromatic rings. The molecule has 14 heteroatoms. The van der Waals surface area contributed by atoms with Crippen molar-refractivity contribution < 1.29 is 50.6 Å². The number of aliphatic carboxylic acids is 2. The molecule has 202 valence electrons. The molecule has 8 nitrogen and oxygen atoms in total. The molecule has 0 aliphatic carbocycles. The summed E-state index contributed by atoms with van der Waals surface area (Å²) in [5.41, 5.74) is 0. The maximum absolute atomic E-state index is 10.6. The summed E-state index contributed by atoms with van der Waals surface area (Å²) in [5.74, 6) is -3.26. The molecule has 2 aliphatic rings. The Kier molecular flexibility index (Phi) is 11.5. The van der Waals surface area contributed by atoms with Gasteiger partial charge in [0.05, 0.1) is 6.54 Å². The molecule has 35 heavy (non-hydrogen) atoms. The number of halogens is 6. The van der Waals surface area contributed by atoms with Crippen molar-refractivity contribution in [2.75, 3.05) is 40.3 Å². The van der Waals surface area contributed by atoms with E-state index in [1.807, 2.05) is 0 Å². The molecule has 2 aliphatic heterocycles. The molecule has 0 amide bonds. The summed E-state index contributed by atoms with van der Waals surface area (Å²) in [6.45, 7) is 7.99. The van der Waals surface area contributed by atoms with Crippen molar-refractivity contribution in [1.29, 1.82) is 0 Å². The number of nitrogens with zero attached hydrogens (tertiary/aromatic N) is 3. The molecular formula is C21H31F6N3O5. The van der Waals surface area contributed by atoms with Gasteiger partial charge in [-0.3, -0.25) is 9.80 Å². The van der Waals surface area contributed by atoms with E-state index in [1.54, 1.807) is 0 Å². The van der Waals surface area contributed by atoms with Gasteiger partial charge in [-0.15, -0.1) is 0 Å². The summed E-state index contributed by atoms with van der Waals surface area (Å²) in [7, 11) is 4.33. The van der Waals surface area contributed by atoms with Crippen molar-refractivity contribution in [3.8, 4) is 0 Å². The first kappa shape index (κ1) is 30.7. The highest BCUT2D eigenvalue weighted by Gasteiger charge is 2.42. The quantitative estimate of drug-likeness (QED) is 0.553. The molecule has 0 spiro atoms. The van der Waals surface area contributed by atoms with Gasteiger partial charge in [0.2, 0.25) is 0 Å². The molecule has 2 unspecified atom stereocenters. The Morgan fingerprint density at radius 2 is 1.37 bits per heavy atom. The Balaban J connectivity index is 0.000000362. The normalized spacial score (nSPS) is 20.6. The third-order valence-electron chi connectivity index (χ3n) is 5.55. The van der Waals surface area contributed by atoms with Crippen molar-refractivity contribution >= 4 is 11.9 Å². The molecule has 2 N–H and O–H groups in total. The van der Waals surface area contributed by atoms with Gasteiger partial charge in [0.15, 0.2) is 0 Å². The highest BCUT2D eigenvalue weighted by atomic mass is 19.4. The number of likely N-dealkylation sites (tertiary alicyclic amines) is 2. The second kappa shape index (κ2) is 13.1. The molecular weight excluding hydrogens is 488 g/mol. The van der Waals surface area contributed by atoms with Crippen LogP contribution in [0.2, 0.25) is 0 Å². The van der Waals surface area contributed by atoms with E-state index < -0.39 is 24.3 Å². The van der Waals surface area contributed by atoms with Crippen LogP contribution < -0.4 is 0 Å². The van der Waals surface area contributed by atoms with E-state index in [4.69, 9.17) is 24.2 Å². The van der Waals surface area contributed by atoms with Crippen LogP contribution in [-0.4, -0.2) is 102 Å². The van der Waals surface area contributed by atoms with Crippen molar-refractivity contribution in [3.05, 3.63) is 23.7 Å². The van der Waals surface area contributed by atoms with Gasteiger partial charge in [-0.2, -0.15) is 26.3 Å². The predicted octanol–water partition coefficient (Wildman–Crippen LogP) is 3.32. The lowest BCUT2D eigenvalue weighted by Gasteiger charge is -2.26. The van der Waals surface area contributed by atoms with E-state index in [0.29, 0.717) is 0 Å². The zero-order chi connectivity index (χ0) is 27.0. The molecule has 2 saturated heterocycles. The van der Waals surface area contributed by atoms with E-state index in [0.717, 1.165) is 36.6 Å². The number of fused-ring (bicyclic) bond motifs is 1. The van der Waals surface area contributed by atoms with E-state index in [-0.39, 0.29) is 0 Å². The number of carboxylic acids is 2. The van der Waals surface area contributed by atoms with Crippen LogP contribution in [-0.2, 0) is 22.6 Å². The number of aryl methyl sites for hydroxylation is 1. The number of carboxylic acid groups (broad SMARTS) is 2. The molecule has 0 radical (unpaired) electrons. The maximum atomic E-state index is 10.6. The number of rotatable bonds is 6. The lowest BCUT2D eigenvalue weighted by molar-refractivity contribution is -0.193. The molecule has 0 saturated carbocycles. The highest BCUT2D eigenvalue weighted by Crippen LogP contribution is 2.32. The van der Waals surface area contributed by atoms with Crippen molar-refractivity contribution in [2.24, 2.45) is 0 Å². The van der Waals surface area contributed by atoms with Crippen LogP contribution in [0.15, 0.2) is 16.5 Å². The van der Waals surface area contributed by atoms with Crippen LogP contribution >= 0.6 is 0 Å². The van der Waals surface area contributed by atoms with Gasteiger partial charge in [-0.05, 0) is 39.1 Å². The van der Waals surface area contributed by atoms with Crippen molar-refractivity contribution in [2.45, 2.75) is 57.2 Å². The Morgan fingerprint density at radius 1 is 0.943 bits per heavy atom. The summed E-state index contributed by atoms with van der Waals surface area (Å²) >= 11 is 0. The average molecular weight is 519 g/mol. The Morgan fingerprint density at radius 3 is 1.77 bits per heavy atom. The lowest BCUT2D eigenvalue weighted by atomic mass is 10.1. The van der Waals surface area contributed by atoms with Gasteiger partial charge in [-0.25, -0.2) is 9.59 Å². The average Bonchev–Trinajstić information content (AvgIpc) is 3.44. The zero-order valence-corrected chi connectivity index (χ0v) is 19.7. The van der Waals surface area contributed by atoms with Crippen LogP contribution in [0, 0.1) is 0 Å². The molecule has 0 aromatic carbocycles. The van der Waals surface area contributed by atoms with Crippen LogP contribution in [0.25, 0.3) is 0 Å². The minimum Gasteiger partial charge on any atom is -0.475 e. The first-order valence-corrected chi connectivity index (χ1v) is 10.9. The van der Waals surface area contributed by atoms with E-state index >= 15 is 0 Å². The third kappa shape index (κ3) is 10.4. The Labute approximate surface area is 199 Å². The second-order valence-electron chi connectivity index (χ2n) is 8.35. The highest BCUT2D eigenvalue weighted by molar-refractivity contribution is 5.73. The van der Waals surface area contributed by atoms with Gasteiger partial charge in [-0.1, -0.05) is 6.92 Å². The largest absolute Gasteiger partial charge is 0.490 e. The number of carbonyl (C=O) groups is 2. The minimum absolute atomic E-state index is 0.738. The molecule has 3 rings (SSSR count). The predicted molar refractivity (Wildman–Crippen MR) is 113 cm³/mol. The fourth-order valence-corrected chi connectivity index (χ4v) is 3.86. The summed E-state index contributed by atoms with van der Waals surface area (Å²) in [5, 5.41) is 14.2. The smallest absolute Gasteiger partial charge is 0.475 e. The lowest BCUT2D eigenvalue weighted by Crippen LogP contribution is -2.39. The zero-order valence-electron chi connectivity index (χ0n) is 19.7. The van der Waals surface area contributed by atoms with Gasteiger partial charge < -0.3 is 19.5 Å². The van der Waals surface area contributed by atoms with E-state index in [9.17, 15) is 26.3 Å². The fraction of sp³-hybridized carbons (Fsp3) is 0.714. The molecule has 1 aromatic heterocycles. The van der Waals surface area contributed by atoms with Crippen LogP contribution in [0.4, 0.5) is 26.3 Å². The van der Waals surface area contributed by atoms with Crippen molar-refractivity contribution in [3.63, 3.8) is 0 Å². The van der Waals surface area contributed by atoms with E-state index in [1.165, 1.54) is 39.0 Å². The molecule has 3 heterocycles. The number of hydrogen-bond acceptors (Lipinski definition) is 6. The fourth-order valence-electron chi connectivity index (χ4n) is 3.86. The first-order chi connectivity index (χ1) is 16.1. The topological polar surface area (TPSA) is 97.5 Å². The number of furan rings is 1. The standard InChI is InChI=1S/C17H29N3O.2C2HF3O2/c1-4-14-5-6-15(21-14)13-20-10-8-16-17(20)7-9-19(16)12-11-18(2)3;2*3-2(4,5)1(6)7/h5-6,16-17H,4,7-13H2,1-3H3;2*(H,6,7). The van der Waals surface area contributed by atoms with Crippen molar-refractivity contribution in [1.82, 2.24) is 14.7 Å². The van der Waals surface area contributed by atoms with Crippen LogP contribution in [0.1, 0.15) is 31.3 Å². The second-order valence-corrected chi connectivity index (χ2v) is 8.35. The monoisotopic (exact) mass is 519 g/mol. The minimum atomic E-state index is -5.08. The molecule has 2 atom stereocenters. The summed E-state index contributed by atoms with van der Waals surface area (Å²) in [6.07, 6.45) is -6.54. The summed E-state index contributed by atoms with van der Waals surface area (Å²) < 4.78 is 69.4. The summed E-state index contributed by atoms with van der Waals surface area (Å²) in [6, 6.07) is 5.79. The third-order valence-corrected chi connectivity index (χ3v) is 5.55. The van der Waals surface area contributed by atoms with Gasteiger partial charge >= 0.3 is 24.3 Å². The first-order valence-electron chi connectivity index (χ1n) is 10.9. The van der Waals surface area contributed by atoms with Crippen LogP contribution in [0.3, 0.4) is 0 Å². The maximum Gasteiger partial charge on any atom is 0.490 e. The number of alkyl halides is 6. The molecule has 2 fully saturated rings. The molecule has 0 bridgehead atoms. The summed E-state index contributed by atoms with van der Waals surface area (Å²) in [4.78, 5) is 25.4. The van der Waals surface area contributed by atoms with Gasteiger partial charge in [0, 0.05) is 44.7 Å².